The van der Waals surface area contributed by atoms with Crippen molar-refractivity contribution in [2.24, 2.45) is 5.92 Å². The number of benzene rings is 3. The maximum absolute atomic E-state index is 10.5. The molecule has 0 saturated carbocycles. The quantitative estimate of drug-likeness (QED) is 0.308. The van der Waals surface area contributed by atoms with E-state index in [0.717, 1.165) is 23.1 Å². The Morgan fingerprint density at radius 3 is 1.62 bits per heavy atom. The zero-order valence-corrected chi connectivity index (χ0v) is 25.3. The highest BCUT2D eigenvalue weighted by molar-refractivity contribution is 7.86. The third kappa shape index (κ3) is 8.24. The molecule has 2 N–H and O–H groups in total. The molecule has 4 aromatic rings. The van der Waals surface area contributed by atoms with Gasteiger partial charge in [0.2, 0.25) is 0 Å². The monoisotopic (exact) mass is 609 g/mol. The minimum atomic E-state index is -4.02. The van der Waals surface area contributed by atoms with Crippen molar-refractivity contribution >= 4 is 25.9 Å². The first-order valence-electron chi connectivity index (χ1n) is 13.4. The maximum Gasteiger partial charge on any atom is 0.294 e. The molecule has 6 rings (SSSR count). The van der Waals surface area contributed by atoms with Crippen LogP contribution in [0.4, 0.5) is 5.69 Å². The number of nitrogens with zero attached hydrogens (tertiary/aromatic N) is 3. The highest BCUT2D eigenvalue weighted by Crippen LogP contribution is 2.34. The first kappa shape index (κ1) is 31.3. The van der Waals surface area contributed by atoms with E-state index in [1.807, 2.05) is 32.3 Å². The number of hydrogen-bond acceptors (Lipinski definition) is 7. The summed E-state index contributed by atoms with van der Waals surface area (Å²) < 4.78 is 59.1. The lowest BCUT2D eigenvalue weighted by Crippen LogP contribution is -2.52. The predicted octanol–water partition coefficient (Wildman–Crippen LogP) is 4.98. The van der Waals surface area contributed by atoms with Crippen LogP contribution in [0.1, 0.15) is 11.1 Å². The Morgan fingerprint density at radius 2 is 1.21 bits per heavy atom. The van der Waals surface area contributed by atoms with Crippen molar-refractivity contribution in [3.8, 4) is 11.1 Å². The lowest BCUT2D eigenvalue weighted by molar-refractivity contribution is 0.0827. The molecule has 2 aliphatic heterocycles. The van der Waals surface area contributed by atoms with E-state index in [1.54, 1.807) is 24.3 Å². The molecule has 0 radical (unpaired) electrons. The van der Waals surface area contributed by atoms with Crippen molar-refractivity contribution in [2.45, 2.75) is 29.7 Å². The Labute approximate surface area is 248 Å². The highest BCUT2D eigenvalue weighted by Gasteiger charge is 2.43. The fraction of sp³-hybridized carbons (Fsp3) is 0.258. The third-order valence-electron chi connectivity index (χ3n) is 7.36. The van der Waals surface area contributed by atoms with Gasteiger partial charge in [-0.1, -0.05) is 53.6 Å². The Morgan fingerprint density at radius 1 is 0.690 bits per heavy atom. The van der Waals surface area contributed by atoms with Crippen LogP contribution in [0.25, 0.3) is 11.1 Å². The molecule has 3 heterocycles. The number of likely N-dealkylation sites (N-methyl/N-ethyl adjacent to an activating group) is 1. The number of aromatic nitrogens is 1. The summed E-state index contributed by atoms with van der Waals surface area (Å²) in [6.07, 6.45) is 3.73. The number of hydrogen-bond donors (Lipinski definition) is 2. The SMILES string of the molecule is CN1C[C@H]2CN(c3ccc(-c4cccnc4)cc3)C[C@H]21.Cc1ccc(S(=O)(=O)O)cc1.Cc1ccc(S(=O)(=O)O)cc1. The number of pyridine rings is 1. The van der Waals surface area contributed by atoms with Crippen molar-refractivity contribution in [3.05, 3.63) is 108 Å². The molecule has 1 aromatic heterocycles. The summed E-state index contributed by atoms with van der Waals surface area (Å²) in [4.78, 5) is 9.03. The van der Waals surface area contributed by atoms with Crippen LogP contribution in [0, 0.1) is 19.8 Å². The second-order valence-electron chi connectivity index (χ2n) is 10.5. The highest BCUT2D eigenvalue weighted by atomic mass is 32.2. The van der Waals surface area contributed by atoms with Crippen LogP contribution in [0.15, 0.2) is 107 Å². The molecule has 9 nitrogen and oxygen atoms in total. The van der Waals surface area contributed by atoms with E-state index in [9.17, 15) is 16.8 Å². The van der Waals surface area contributed by atoms with Gasteiger partial charge in [0, 0.05) is 49.7 Å². The first-order valence-corrected chi connectivity index (χ1v) is 16.2. The van der Waals surface area contributed by atoms with Gasteiger partial charge in [0.05, 0.1) is 9.79 Å². The van der Waals surface area contributed by atoms with E-state index in [-0.39, 0.29) is 9.79 Å². The van der Waals surface area contributed by atoms with Gasteiger partial charge >= 0.3 is 0 Å². The number of anilines is 1. The van der Waals surface area contributed by atoms with Gasteiger partial charge in [0.15, 0.2) is 0 Å². The van der Waals surface area contributed by atoms with Crippen molar-refractivity contribution in [3.63, 3.8) is 0 Å². The van der Waals surface area contributed by atoms with Crippen molar-refractivity contribution < 1.29 is 25.9 Å². The lowest BCUT2D eigenvalue weighted by Gasteiger charge is -2.40. The zero-order valence-electron chi connectivity index (χ0n) is 23.7. The van der Waals surface area contributed by atoms with E-state index in [4.69, 9.17) is 9.11 Å². The van der Waals surface area contributed by atoms with Crippen LogP contribution in [-0.2, 0) is 20.2 Å². The van der Waals surface area contributed by atoms with Crippen LogP contribution in [0.2, 0.25) is 0 Å². The van der Waals surface area contributed by atoms with Crippen molar-refractivity contribution in [1.29, 1.82) is 0 Å². The smallest absolute Gasteiger partial charge is 0.294 e. The number of likely N-dealkylation sites (tertiary alicyclic amines) is 1. The molecule has 0 bridgehead atoms. The van der Waals surface area contributed by atoms with Gasteiger partial charge in [0.1, 0.15) is 0 Å². The van der Waals surface area contributed by atoms with Crippen LogP contribution < -0.4 is 4.90 Å². The molecule has 42 heavy (non-hydrogen) atoms. The molecule has 3 aromatic carbocycles. The molecule has 2 saturated heterocycles. The molecule has 222 valence electrons. The molecular formula is C31H35N3O6S2. The van der Waals surface area contributed by atoms with Crippen LogP contribution in [0.5, 0.6) is 0 Å². The minimum Gasteiger partial charge on any atom is -0.370 e. The maximum atomic E-state index is 10.5. The largest absolute Gasteiger partial charge is 0.370 e. The predicted molar refractivity (Wildman–Crippen MR) is 164 cm³/mol. The molecule has 11 heteroatoms. The Kier molecular flexibility index (Phi) is 9.80. The Hall–Kier alpha value is -3.61. The molecule has 2 atom stereocenters. The van der Waals surface area contributed by atoms with Crippen LogP contribution >= 0.6 is 0 Å². The fourth-order valence-corrected chi connectivity index (χ4v) is 5.89. The van der Waals surface area contributed by atoms with Crippen LogP contribution in [0.3, 0.4) is 0 Å². The molecule has 2 aliphatic rings. The molecule has 0 aliphatic carbocycles. The van der Waals surface area contributed by atoms with Gasteiger partial charge in [-0.3, -0.25) is 14.1 Å². The van der Waals surface area contributed by atoms with Gasteiger partial charge < -0.3 is 9.80 Å². The topological polar surface area (TPSA) is 128 Å². The molecule has 0 spiro atoms. The number of aryl methyl sites for hydroxylation is 2. The minimum absolute atomic E-state index is 0.0666. The number of fused-ring (bicyclic) bond motifs is 1. The Balaban J connectivity index is 0.000000158. The van der Waals surface area contributed by atoms with E-state index in [0.29, 0.717) is 0 Å². The third-order valence-corrected chi connectivity index (χ3v) is 9.10. The average molecular weight is 610 g/mol. The van der Waals surface area contributed by atoms with E-state index >= 15 is 0 Å². The van der Waals surface area contributed by atoms with E-state index in [2.05, 4.69) is 52.2 Å². The second kappa shape index (κ2) is 13.1. The number of rotatable bonds is 4. The molecular weight excluding hydrogens is 574 g/mol. The standard InChI is InChI=1S/C17H19N3.2C7H8O3S/c1-19-10-15-11-20(12-17(15)19)16-6-4-13(5-7-16)14-3-2-8-18-9-14;2*1-6-2-4-7(5-3-6)11(8,9)10/h2-9,15,17H,10-12H2,1H3;2*2-5H,1H3,(H,8,9,10)/t15-,17+;;/m0../s1. The summed E-state index contributed by atoms with van der Waals surface area (Å²) in [5.41, 5.74) is 5.68. The summed E-state index contributed by atoms with van der Waals surface area (Å²) in [6.45, 7) is 7.32. The summed E-state index contributed by atoms with van der Waals surface area (Å²) in [5.74, 6) is 0.873. The van der Waals surface area contributed by atoms with Crippen molar-refractivity contribution in [2.75, 3.05) is 31.6 Å². The lowest BCUT2D eigenvalue weighted by atomic mass is 9.93. The average Bonchev–Trinajstić information content (AvgIpc) is 3.31. The summed E-state index contributed by atoms with van der Waals surface area (Å²) in [6, 6.07) is 25.7. The molecule has 0 unspecified atom stereocenters. The van der Waals surface area contributed by atoms with Crippen LogP contribution in [-0.4, -0.2) is 68.5 Å². The molecule has 2 fully saturated rings. The molecule has 0 amide bonds. The van der Waals surface area contributed by atoms with Gasteiger partial charge in [-0.05, 0) is 74.5 Å². The normalized spacial score (nSPS) is 18.1. The summed E-state index contributed by atoms with van der Waals surface area (Å²) in [5, 5.41) is 0. The summed E-state index contributed by atoms with van der Waals surface area (Å²) >= 11 is 0. The van der Waals surface area contributed by atoms with E-state index < -0.39 is 20.2 Å². The van der Waals surface area contributed by atoms with Gasteiger partial charge in [-0.15, -0.1) is 0 Å². The van der Waals surface area contributed by atoms with Gasteiger partial charge in [0.25, 0.3) is 20.2 Å². The fourth-order valence-electron chi connectivity index (χ4n) is 4.93. The van der Waals surface area contributed by atoms with Gasteiger partial charge in [-0.2, -0.15) is 16.8 Å². The van der Waals surface area contributed by atoms with Crippen molar-refractivity contribution in [1.82, 2.24) is 9.88 Å². The second-order valence-corrected chi connectivity index (χ2v) is 13.4. The van der Waals surface area contributed by atoms with E-state index in [1.165, 1.54) is 60.7 Å². The summed E-state index contributed by atoms with van der Waals surface area (Å²) in [7, 11) is -5.81. The zero-order chi connectivity index (χ0) is 30.5. The van der Waals surface area contributed by atoms with Gasteiger partial charge in [-0.25, -0.2) is 0 Å². The Bertz CT molecular complexity index is 1610. The first-order chi connectivity index (χ1) is 19.8.